The monoisotopic (exact) mass is 184 g/mol. The van der Waals surface area contributed by atoms with Crippen LogP contribution >= 0.6 is 0 Å². The van der Waals surface area contributed by atoms with E-state index in [1.807, 2.05) is 0 Å². The minimum absolute atomic E-state index is 0.0814. The van der Waals surface area contributed by atoms with Gasteiger partial charge in [-0.05, 0) is 23.6 Å². The van der Waals surface area contributed by atoms with Crippen molar-refractivity contribution < 1.29 is 13.9 Å². The molecule has 1 nitrogen and oxygen atoms in total. The molecule has 70 valence electrons. The van der Waals surface area contributed by atoms with E-state index >= 15 is 0 Å². The Balaban J connectivity index is 2.11. The van der Waals surface area contributed by atoms with Gasteiger partial charge < -0.3 is 5.11 Å². The van der Waals surface area contributed by atoms with Gasteiger partial charge in [-0.1, -0.05) is 12.1 Å². The summed E-state index contributed by atoms with van der Waals surface area (Å²) < 4.78 is 25.0. The summed E-state index contributed by atoms with van der Waals surface area (Å²) in [5.41, 5.74) is 0.811. The number of phenolic OH excluding ortho intramolecular Hbond substituents is 1. The molecule has 0 bridgehead atoms. The van der Waals surface area contributed by atoms with Crippen LogP contribution in [0.1, 0.15) is 24.3 Å². The molecule has 0 aliphatic heterocycles. The van der Waals surface area contributed by atoms with Crippen molar-refractivity contribution in [2.75, 3.05) is 0 Å². The van der Waals surface area contributed by atoms with Crippen LogP contribution in [0.3, 0.4) is 0 Å². The van der Waals surface area contributed by atoms with Crippen molar-refractivity contribution in [1.82, 2.24) is 0 Å². The standard InChI is InChI=1S/C10H10F2O/c11-10(12)5-8(6-10)7-2-1-3-9(13)4-7/h1-4,8,13H,5-6H2. The predicted octanol–water partition coefficient (Wildman–Crippen LogP) is 2.90. The van der Waals surface area contributed by atoms with Gasteiger partial charge in [-0.3, -0.25) is 0 Å². The summed E-state index contributed by atoms with van der Waals surface area (Å²) in [6, 6.07) is 6.56. The summed E-state index contributed by atoms with van der Waals surface area (Å²) in [4.78, 5) is 0. The molecule has 1 aromatic carbocycles. The molecule has 0 unspecified atom stereocenters. The Morgan fingerprint density at radius 2 is 2.00 bits per heavy atom. The lowest BCUT2D eigenvalue weighted by Crippen LogP contribution is -2.33. The lowest BCUT2D eigenvalue weighted by Gasteiger charge is -2.35. The summed E-state index contributed by atoms with van der Waals surface area (Å²) in [5.74, 6) is -2.43. The third-order valence-electron chi connectivity index (χ3n) is 2.43. The molecule has 1 saturated carbocycles. The number of alkyl halides is 2. The molecule has 0 heterocycles. The average Bonchev–Trinajstić information content (AvgIpc) is 2.00. The van der Waals surface area contributed by atoms with Crippen LogP contribution in [0.25, 0.3) is 0 Å². The van der Waals surface area contributed by atoms with E-state index in [1.165, 1.54) is 0 Å². The fourth-order valence-electron chi connectivity index (χ4n) is 1.68. The van der Waals surface area contributed by atoms with Crippen molar-refractivity contribution in [3.8, 4) is 5.75 Å². The van der Waals surface area contributed by atoms with E-state index in [9.17, 15) is 8.78 Å². The Bertz CT molecular complexity index is 314. The smallest absolute Gasteiger partial charge is 0.249 e. The second kappa shape index (κ2) is 2.69. The Morgan fingerprint density at radius 3 is 2.54 bits per heavy atom. The molecule has 1 fully saturated rings. The Morgan fingerprint density at radius 1 is 1.31 bits per heavy atom. The molecule has 0 radical (unpaired) electrons. The lowest BCUT2D eigenvalue weighted by molar-refractivity contribution is -0.0867. The molecule has 1 N–H and O–H groups in total. The zero-order chi connectivity index (χ0) is 9.47. The number of halogens is 2. The third kappa shape index (κ3) is 1.64. The highest BCUT2D eigenvalue weighted by atomic mass is 19.3. The minimum Gasteiger partial charge on any atom is -0.508 e. The van der Waals surface area contributed by atoms with Gasteiger partial charge in [0.1, 0.15) is 5.75 Å². The molecular formula is C10H10F2O. The fourth-order valence-corrected chi connectivity index (χ4v) is 1.68. The van der Waals surface area contributed by atoms with E-state index < -0.39 is 5.92 Å². The zero-order valence-electron chi connectivity index (χ0n) is 7.00. The highest BCUT2D eigenvalue weighted by molar-refractivity contribution is 5.31. The van der Waals surface area contributed by atoms with Crippen LogP contribution in [0.15, 0.2) is 24.3 Å². The summed E-state index contributed by atoms with van der Waals surface area (Å²) >= 11 is 0. The molecule has 0 atom stereocenters. The first-order valence-electron chi connectivity index (χ1n) is 4.24. The normalized spacial score (nSPS) is 21.1. The molecular weight excluding hydrogens is 174 g/mol. The first-order chi connectivity index (χ1) is 6.07. The Hall–Kier alpha value is -1.12. The van der Waals surface area contributed by atoms with Crippen molar-refractivity contribution >= 4 is 0 Å². The molecule has 3 heteroatoms. The minimum atomic E-state index is -2.49. The summed E-state index contributed by atoms with van der Waals surface area (Å²) in [6.07, 6.45) is -0.174. The average molecular weight is 184 g/mol. The van der Waals surface area contributed by atoms with Gasteiger partial charge in [0.25, 0.3) is 0 Å². The van der Waals surface area contributed by atoms with Crippen molar-refractivity contribution in [3.05, 3.63) is 29.8 Å². The molecule has 1 aliphatic rings. The number of rotatable bonds is 1. The van der Waals surface area contributed by atoms with E-state index in [-0.39, 0.29) is 24.5 Å². The third-order valence-corrected chi connectivity index (χ3v) is 2.43. The summed E-state index contributed by atoms with van der Waals surface area (Å²) in [6.45, 7) is 0. The maximum absolute atomic E-state index is 12.5. The zero-order valence-corrected chi connectivity index (χ0v) is 7.00. The maximum atomic E-state index is 12.5. The number of hydrogen-bond donors (Lipinski definition) is 1. The van der Waals surface area contributed by atoms with Crippen LogP contribution in [-0.4, -0.2) is 11.0 Å². The van der Waals surface area contributed by atoms with Crippen molar-refractivity contribution in [2.24, 2.45) is 0 Å². The van der Waals surface area contributed by atoms with E-state index in [1.54, 1.807) is 24.3 Å². The van der Waals surface area contributed by atoms with Crippen LogP contribution < -0.4 is 0 Å². The molecule has 13 heavy (non-hydrogen) atoms. The summed E-state index contributed by atoms with van der Waals surface area (Å²) in [5, 5.41) is 9.12. The Kier molecular flexibility index (Phi) is 1.75. The number of benzene rings is 1. The van der Waals surface area contributed by atoms with Crippen molar-refractivity contribution in [1.29, 1.82) is 0 Å². The second-order valence-electron chi connectivity index (χ2n) is 3.56. The molecule has 2 rings (SSSR count). The van der Waals surface area contributed by atoms with Crippen molar-refractivity contribution in [2.45, 2.75) is 24.7 Å². The quantitative estimate of drug-likeness (QED) is 0.711. The Labute approximate surface area is 75.0 Å². The molecule has 1 aliphatic carbocycles. The largest absolute Gasteiger partial charge is 0.508 e. The van der Waals surface area contributed by atoms with Gasteiger partial charge in [-0.15, -0.1) is 0 Å². The molecule has 0 aromatic heterocycles. The van der Waals surface area contributed by atoms with Gasteiger partial charge in [0, 0.05) is 12.8 Å². The van der Waals surface area contributed by atoms with Crippen molar-refractivity contribution in [3.63, 3.8) is 0 Å². The van der Waals surface area contributed by atoms with Gasteiger partial charge >= 0.3 is 0 Å². The first kappa shape index (κ1) is 8.48. The maximum Gasteiger partial charge on any atom is 0.249 e. The second-order valence-corrected chi connectivity index (χ2v) is 3.56. The number of hydrogen-bond acceptors (Lipinski definition) is 1. The highest BCUT2D eigenvalue weighted by Gasteiger charge is 2.45. The van der Waals surface area contributed by atoms with Gasteiger partial charge in [-0.2, -0.15) is 0 Å². The molecule has 0 saturated heterocycles. The SMILES string of the molecule is Oc1cccc(C2CC(F)(F)C2)c1. The van der Waals surface area contributed by atoms with E-state index in [0.717, 1.165) is 5.56 Å². The van der Waals surface area contributed by atoms with Crippen LogP contribution in [0, 0.1) is 0 Å². The predicted molar refractivity (Wildman–Crippen MR) is 45.0 cm³/mol. The number of aromatic hydroxyl groups is 1. The van der Waals surface area contributed by atoms with E-state index in [0.29, 0.717) is 0 Å². The van der Waals surface area contributed by atoms with E-state index in [4.69, 9.17) is 5.11 Å². The van der Waals surface area contributed by atoms with Gasteiger partial charge in [0.15, 0.2) is 0 Å². The fraction of sp³-hybridized carbons (Fsp3) is 0.400. The van der Waals surface area contributed by atoms with Gasteiger partial charge in [0.2, 0.25) is 5.92 Å². The summed E-state index contributed by atoms with van der Waals surface area (Å²) in [7, 11) is 0. The topological polar surface area (TPSA) is 20.2 Å². The van der Waals surface area contributed by atoms with Gasteiger partial charge in [0.05, 0.1) is 0 Å². The number of phenols is 1. The molecule has 0 amide bonds. The van der Waals surface area contributed by atoms with E-state index in [2.05, 4.69) is 0 Å². The molecule has 0 spiro atoms. The van der Waals surface area contributed by atoms with Crippen LogP contribution in [-0.2, 0) is 0 Å². The van der Waals surface area contributed by atoms with Crippen LogP contribution in [0.2, 0.25) is 0 Å². The van der Waals surface area contributed by atoms with Crippen LogP contribution in [0.4, 0.5) is 8.78 Å². The lowest BCUT2D eigenvalue weighted by atomic mass is 9.77. The van der Waals surface area contributed by atoms with Crippen LogP contribution in [0.5, 0.6) is 5.75 Å². The first-order valence-corrected chi connectivity index (χ1v) is 4.24. The van der Waals surface area contributed by atoms with Gasteiger partial charge in [-0.25, -0.2) is 8.78 Å². The molecule has 1 aromatic rings. The highest BCUT2D eigenvalue weighted by Crippen LogP contribution is 2.48.